The average Bonchev–Trinajstić information content (AvgIpc) is 2.29. The van der Waals surface area contributed by atoms with Gasteiger partial charge in [0, 0.05) is 12.6 Å². The van der Waals surface area contributed by atoms with Crippen molar-refractivity contribution in [2.75, 3.05) is 40.1 Å². The molecule has 0 aromatic heterocycles. The number of rotatable bonds is 7. The molecule has 0 spiro atoms. The van der Waals surface area contributed by atoms with Crippen LogP contribution in [0.1, 0.15) is 26.7 Å². The molecule has 1 atom stereocenters. The van der Waals surface area contributed by atoms with E-state index in [2.05, 4.69) is 31.1 Å². The lowest BCUT2D eigenvalue weighted by atomic mass is 10.2. The highest BCUT2D eigenvalue weighted by Gasteiger charge is 2.12. The molecule has 0 radical (unpaired) electrons. The number of hydrogen-bond donors (Lipinski definition) is 1. The van der Waals surface area contributed by atoms with Crippen molar-refractivity contribution in [3.05, 3.63) is 0 Å². The van der Waals surface area contributed by atoms with E-state index in [9.17, 15) is 0 Å². The van der Waals surface area contributed by atoms with Gasteiger partial charge in [-0.15, -0.1) is 0 Å². The lowest BCUT2D eigenvalue weighted by Gasteiger charge is -2.24. The molecule has 0 saturated carbocycles. The summed E-state index contributed by atoms with van der Waals surface area (Å²) in [6, 6.07) is 0.638. The third-order valence-corrected chi connectivity index (χ3v) is 3.09. The van der Waals surface area contributed by atoms with E-state index in [0.29, 0.717) is 18.9 Å². The molecule has 16 heavy (non-hydrogen) atoms. The molecule has 4 nitrogen and oxygen atoms in total. The number of hydrogen-bond acceptors (Lipinski definition) is 4. The topological polar surface area (TPSA) is 33.7 Å². The van der Waals surface area contributed by atoms with Gasteiger partial charge in [-0.25, -0.2) is 0 Å². The van der Waals surface area contributed by atoms with Crippen LogP contribution in [-0.2, 0) is 9.47 Å². The number of ether oxygens (including phenoxy) is 2. The SMILES string of the molecule is CC(C)N(C)CCCNCC1CCOCO1. The second-order valence-electron chi connectivity index (χ2n) is 4.74. The summed E-state index contributed by atoms with van der Waals surface area (Å²) in [4.78, 5) is 2.37. The van der Waals surface area contributed by atoms with E-state index in [0.717, 1.165) is 32.7 Å². The van der Waals surface area contributed by atoms with E-state index in [1.807, 2.05) is 0 Å². The van der Waals surface area contributed by atoms with E-state index in [1.165, 1.54) is 6.42 Å². The lowest BCUT2D eigenvalue weighted by Crippen LogP contribution is -2.35. The van der Waals surface area contributed by atoms with Crippen molar-refractivity contribution in [2.45, 2.75) is 38.8 Å². The molecule has 0 aromatic rings. The molecule has 4 heteroatoms. The molecular weight excluding hydrogens is 204 g/mol. The molecule has 1 fully saturated rings. The van der Waals surface area contributed by atoms with Crippen molar-refractivity contribution in [3.8, 4) is 0 Å². The summed E-state index contributed by atoms with van der Waals surface area (Å²) in [5.74, 6) is 0. The Morgan fingerprint density at radius 2 is 2.25 bits per heavy atom. The van der Waals surface area contributed by atoms with Gasteiger partial charge < -0.3 is 19.7 Å². The largest absolute Gasteiger partial charge is 0.355 e. The van der Waals surface area contributed by atoms with Crippen LogP contribution in [0.5, 0.6) is 0 Å². The van der Waals surface area contributed by atoms with Crippen LogP contribution >= 0.6 is 0 Å². The maximum absolute atomic E-state index is 5.45. The highest BCUT2D eigenvalue weighted by molar-refractivity contribution is 4.64. The Kier molecular flexibility index (Phi) is 6.96. The van der Waals surface area contributed by atoms with Crippen LogP contribution in [-0.4, -0.2) is 57.1 Å². The minimum absolute atomic E-state index is 0.344. The second kappa shape index (κ2) is 8.01. The summed E-state index contributed by atoms with van der Waals surface area (Å²) in [7, 11) is 2.17. The Bertz CT molecular complexity index is 170. The van der Waals surface area contributed by atoms with Gasteiger partial charge in [-0.3, -0.25) is 0 Å². The van der Waals surface area contributed by atoms with Crippen molar-refractivity contribution in [2.24, 2.45) is 0 Å². The minimum atomic E-state index is 0.344. The maximum atomic E-state index is 5.45. The Labute approximate surface area is 99.3 Å². The average molecular weight is 230 g/mol. The fraction of sp³-hybridized carbons (Fsp3) is 1.00. The summed E-state index contributed by atoms with van der Waals surface area (Å²) < 4.78 is 10.6. The van der Waals surface area contributed by atoms with Gasteiger partial charge in [0.15, 0.2) is 0 Å². The highest BCUT2D eigenvalue weighted by atomic mass is 16.7. The van der Waals surface area contributed by atoms with Gasteiger partial charge in [-0.05, 0) is 46.8 Å². The van der Waals surface area contributed by atoms with Gasteiger partial charge in [-0.1, -0.05) is 0 Å². The molecule has 96 valence electrons. The molecule has 0 aromatic carbocycles. The zero-order valence-corrected chi connectivity index (χ0v) is 10.9. The first kappa shape index (κ1) is 13.9. The zero-order valence-electron chi connectivity index (χ0n) is 10.9. The standard InChI is InChI=1S/C12H26N2O2/c1-11(2)14(3)7-4-6-13-9-12-5-8-15-10-16-12/h11-13H,4-10H2,1-3H3. The summed E-state index contributed by atoms with van der Waals surface area (Å²) >= 11 is 0. The molecule has 1 aliphatic rings. The van der Waals surface area contributed by atoms with Gasteiger partial charge in [0.25, 0.3) is 0 Å². The van der Waals surface area contributed by atoms with Crippen molar-refractivity contribution in [3.63, 3.8) is 0 Å². The molecule has 1 rings (SSSR count). The van der Waals surface area contributed by atoms with E-state index in [1.54, 1.807) is 0 Å². The molecule has 0 aliphatic carbocycles. The Morgan fingerprint density at radius 1 is 1.44 bits per heavy atom. The monoisotopic (exact) mass is 230 g/mol. The molecule has 0 amide bonds. The Hall–Kier alpha value is -0.160. The second-order valence-corrected chi connectivity index (χ2v) is 4.74. The van der Waals surface area contributed by atoms with E-state index in [-0.39, 0.29) is 0 Å². The molecule has 1 saturated heterocycles. The van der Waals surface area contributed by atoms with Crippen LogP contribution in [0.2, 0.25) is 0 Å². The van der Waals surface area contributed by atoms with Crippen LogP contribution in [0.25, 0.3) is 0 Å². The third-order valence-electron chi connectivity index (χ3n) is 3.09. The summed E-state index contributed by atoms with van der Waals surface area (Å²) in [6.45, 7) is 8.92. The minimum Gasteiger partial charge on any atom is -0.355 e. The first-order valence-electron chi connectivity index (χ1n) is 6.30. The third kappa shape index (κ3) is 5.80. The first-order chi connectivity index (χ1) is 7.70. The maximum Gasteiger partial charge on any atom is 0.147 e. The molecular formula is C12H26N2O2. The van der Waals surface area contributed by atoms with Crippen molar-refractivity contribution >= 4 is 0 Å². The van der Waals surface area contributed by atoms with Crippen LogP contribution in [0.15, 0.2) is 0 Å². The lowest BCUT2D eigenvalue weighted by molar-refractivity contribution is -0.137. The molecule has 1 unspecified atom stereocenters. The summed E-state index contributed by atoms with van der Waals surface area (Å²) in [6.07, 6.45) is 2.55. The Balaban J connectivity index is 1.91. The van der Waals surface area contributed by atoms with E-state index >= 15 is 0 Å². The van der Waals surface area contributed by atoms with Crippen molar-refractivity contribution in [1.29, 1.82) is 0 Å². The van der Waals surface area contributed by atoms with Crippen LogP contribution in [0, 0.1) is 0 Å². The van der Waals surface area contributed by atoms with Gasteiger partial charge in [0.2, 0.25) is 0 Å². The zero-order chi connectivity index (χ0) is 11.8. The van der Waals surface area contributed by atoms with Crippen molar-refractivity contribution in [1.82, 2.24) is 10.2 Å². The molecule has 0 bridgehead atoms. The van der Waals surface area contributed by atoms with Gasteiger partial charge in [0.1, 0.15) is 6.79 Å². The summed E-state index contributed by atoms with van der Waals surface area (Å²) in [5, 5.41) is 3.44. The smallest absolute Gasteiger partial charge is 0.147 e. The van der Waals surface area contributed by atoms with Crippen LogP contribution in [0.3, 0.4) is 0 Å². The predicted octanol–water partition coefficient (Wildman–Crippen LogP) is 1.07. The number of nitrogens with one attached hydrogen (secondary N) is 1. The van der Waals surface area contributed by atoms with Crippen molar-refractivity contribution < 1.29 is 9.47 Å². The molecule has 1 N–H and O–H groups in total. The van der Waals surface area contributed by atoms with E-state index < -0.39 is 0 Å². The highest BCUT2D eigenvalue weighted by Crippen LogP contribution is 2.04. The van der Waals surface area contributed by atoms with Gasteiger partial charge in [0.05, 0.1) is 12.7 Å². The van der Waals surface area contributed by atoms with E-state index in [4.69, 9.17) is 9.47 Å². The van der Waals surface area contributed by atoms with Crippen LogP contribution in [0.4, 0.5) is 0 Å². The first-order valence-corrected chi connectivity index (χ1v) is 6.30. The normalized spacial score (nSPS) is 21.9. The van der Waals surface area contributed by atoms with Gasteiger partial charge >= 0.3 is 0 Å². The molecule has 1 heterocycles. The predicted molar refractivity (Wildman–Crippen MR) is 65.6 cm³/mol. The fourth-order valence-corrected chi connectivity index (χ4v) is 1.64. The fourth-order valence-electron chi connectivity index (χ4n) is 1.64. The quantitative estimate of drug-likeness (QED) is 0.663. The number of nitrogens with zero attached hydrogens (tertiary/aromatic N) is 1. The Morgan fingerprint density at radius 3 is 2.88 bits per heavy atom. The van der Waals surface area contributed by atoms with Gasteiger partial charge in [-0.2, -0.15) is 0 Å². The molecule has 1 aliphatic heterocycles. The summed E-state index contributed by atoms with van der Waals surface area (Å²) in [5.41, 5.74) is 0. The van der Waals surface area contributed by atoms with Crippen LogP contribution < -0.4 is 5.32 Å².